The number of hydrogen-bond acceptors (Lipinski definition) is 4. The quantitative estimate of drug-likeness (QED) is 0.414. The van der Waals surface area contributed by atoms with Crippen molar-refractivity contribution in [3.05, 3.63) is 57.5 Å². The number of hydrogen-bond donors (Lipinski definition) is 1. The van der Waals surface area contributed by atoms with Crippen LogP contribution in [-0.4, -0.2) is 30.4 Å². The van der Waals surface area contributed by atoms with E-state index in [1.165, 1.54) is 47.6 Å². The van der Waals surface area contributed by atoms with Crippen molar-refractivity contribution >= 4 is 73.6 Å². The number of carboxylic acid groups (broad SMARTS) is 1. The van der Waals surface area contributed by atoms with E-state index in [1.807, 2.05) is 0 Å². The van der Waals surface area contributed by atoms with Crippen LogP contribution in [0.3, 0.4) is 0 Å². The fraction of sp³-hybridized carbons (Fsp3) is 0.300. The van der Waals surface area contributed by atoms with Gasteiger partial charge in [-0.05, 0) is 69.2 Å². The van der Waals surface area contributed by atoms with Crippen LogP contribution in [0.15, 0.2) is 47.4 Å². The van der Waals surface area contributed by atoms with Gasteiger partial charge >= 0.3 is 5.97 Å². The normalized spacial score (nSPS) is 13.5. The highest BCUT2D eigenvalue weighted by Gasteiger charge is 2.31. The summed E-state index contributed by atoms with van der Waals surface area (Å²) in [6.07, 6.45) is 0.556. The van der Waals surface area contributed by atoms with Crippen LogP contribution >= 0.6 is 47.0 Å². The maximum Gasteiger partial charge on any atom is 0.311 e. The predicted octanol–water partition coefficient (Wildman–Crippen LogP) is 6.10. The second-order valence-electron chi connectivity index (χ2n) is 6.76. The van der Waals surface area contributed by atoms with Gasteiger partial charge in [0.15, 0.2) is 0 Å². The molecule has 162 valence electrons. The van der Waals surface area contributed by atoms with Crippen molar-refractivity contribution in [2.45, 2.75) is 37.6 Å². The first-order chi connectivity index (χ1) is 13.9. The first kappa shape index (κ1) is 24.9. The maximum atomic E-state index is 13.5. The first-order valence-electron chi connectivity index (χ1n) is 8.95. The second-order valence-corrected chi connectivity index (χ2v) is 10.4. The molecule has 5 nitrogen and oxygen atoms in total. The second kappa shape index (κ2) is 10.3. The van der Waals surface area contributed by atoms with Crippen LogP contribution in [-0.2, 0) is 14.8 Å². The molecule has 0 radical (unpaired) electrons. The molecule has 1 N–H and O–H groups in total. The van der Waals surface area contributed by atoms with Crippen molar-refractivity contribution in [3.8, 4) is 0 Å². The van der Waals surface area contributed by atoms with Crippen LogP contribution in [0.1, 0.15) is 26.7 Å². The summed E-state index contributed by atoms with van der Waals surface area (Å²) in [5.41, 5.74) is 0.226. The van der Waals surface area contributed by atoms with E-state index in [0.717, 1.165) is 0 Å². The monoisotopic (exact) mass is 507 g/mol. The van der Waals surface area contributed by atoms with Crippen molar-refractivity contribution in [1.82, 2.24) is 0 Å². The lowest BCUT2D eigenvalue weighted by atomic mass is 10.0. The lowest BCUT2D eigenvalue weighted by Gasteiger charge is -2.31. The van der Waals surface area contributed by atoms with Gasteiger partial charge < -0.3 is 5.11 Å². The Morgan fingerprint density at radius 1 is 1.07 bits per heavy atom. The molecule has 0 spiro atoms. The van der Waals surface area contributed by atoms with Gasteiger partial charge in [-0.1, -0.05) is 47.0 Å². The van der Waals surface area contributed by atoms with Gasteiger partial charge in [-0.15, -0.1) is 0 Å². The van der Waals surface area contributed by atoms with Gasteiger partial charge in [-0.25, -0.2) is 8.42 Å². The lowest BCUT2D eigenvalue weighted by Crippen LogP contribution is -2.39. The third-order valence-corrected chi connectivity index (χ3v) is 7.89. The number of sulfonamides is 1. The molecule has 0 saturated heterocycles. The fourth-order valence-corrected chi connectivity index (χ4v) is 5.27. The van der Waals surface area contributed by atoms with E-state index in [1.54, 1.807) is 13.0 Å². The van der Waals surface area contributed by atoms with Crippen molar-refractivity contribution < 1.29 is 18.3 Å². The van der Waals surface area contributed by atoms with Crippen LogP contribution in [0.5, 0.6) is 0 Å². The highest BCUT2D eigenvalue weighted by Crippen LogP contribution is 2.35. The van der Waals surface area contributed by atoms with Crippen LogP contribution in [0.2, 0.25) is 15.1 Å². The maximum absolute atomic E-state index is 13.5. The van der Waals surface area contributed by atoms with E-state index < -0.39 is 28.0 Å². The number of anilines is 1. The number of carbonyl (C=O) groups is 1. The predicted molar refractivity (Wildman–Crippen MR) is 126 cm³/mol. The van der Waals surface area contributed by atoms with E-state index >= 15 is 0 Å². The van der Waals surface area contributed by atoms with E-state index in [2.05, 4.69) is 0 Å². The van der Waals surface area contributed by atoms with E-state index in [9.17, 15) is 13.2 Å². The van der Waals surface area contributed by atoms with Crippen molar-refractivity contribution in [2.24, 2.45) is 5.92 Å². The molecule has 0 aliphatic rings. The zero-order valence-corrected chi connectivity index (χ0v) is 20.1. The number of aliphatic carboxylic acids is 1. The molecule has 0 amide bonds. The summed E-state index contributed by atoms with van der Waals surface area (Å²) in [5, 5.41) is 10.1. The standard InChI is InChI=1S/C20H20Cl3NO4S2/c1-12(3-10-19(29)13(2)20(25)26)24(18-11-15(22)6-9-17(18)23)30(27,28)16-7-4-14(21)5-8-16/h4-9,11-13H,3,10H2,1-2H3,(H,25,26)/t12-,13?/m1/s1. The third kappa shape index (κ3) is 5.86. The largest absolute Gasteiger partial charge is 0.481 e. The Bertz CT molecular complexity index is 1040. The smallest absolute Gasteiger partial charge is 0.311 e. The molecule has 0 bridgehead atoms. The van der Waals surface area contributed by atoms with Gasteiger partial charge in [-0.2, -0.15) is 0 Å². The van der Waals surface area contributed by atoms with Crippen LogP contribution in [0.25, 0.3) is 0 Å². The molecule has 0 heterocycles. The number of carboxylic acids is 1. The summed E-state index contributed by atoms with van der Waals surface area (Å²) >= 11 is 23.5. The molecule has 30 heavy (non-hydrogen) atoms. The van der Waals surface area contributed by atoms with Gasteiger partial charge in [0.05, 0.1) is 21.5 Å². The molecule has 2 atom stereocenters. The summed E-state index contributed by atoms with van der Waals surface area (Å²) in [6.45, 7) is 3.21. The molecule has 0 saturated carbocycles. The van der Waals surface area contributed by atoms with Crippen LogP contribution in [0, 0.1) is 5.92 Å². The van der Waals surface area contributed by atoms with Gasteiger partial charge in [0, 0.05) is 21.0 Å². The molecule has 0 aliphatic heterocycles. The average Bonchev–Trinajstić information content (AvgIpc) is 2.68. The molecular formula is C20H20Cl3NO4S2. The minimum atomic E-state index is -4.02. The summed E-state index contributed by atoms with van der Waals surface area (Å²) < 4.78 is 28.2. The molecule has 2 rings (SSSR count). The zero-order valence-electron chi connectivity index (χ0n) is 16.2. The molecule has 2 aromatic rings. The molecule has 0 fully saturated rings. The number of nitrogens with zero attached hydrogens (tertiary/aromatic N) is 1. The topological polar surface area (TPSA) is 74.7 Å². The van der Waals surface area contributed by atoms with Crippen LogP contribution in [0.4, 0.5) is 5.69 Å². The van der Waals surface area contributed by atoms with Crippen LogP contribution < -0.4 is 4.31 Å². The Labute approximate surface area is 196 Å². The van der Waals surface area contributed by atoms with Gasteiger partial charge in [-0.3, -0.25) is 9.10 Å². The molecule has 0 aliphatic carbocycles. The van der Waals surface area contributed by atoms with Crippen molar-refractivity contribution in [1.29, 1.82) is 0 Å². The molecular weight excluding hydrogens is 489 g/mol. The van der Waals surface area contributed by atoms with Gasteiger partial charge in [0.1, 0.15) is 0 Å². The Morgan fingerprint density at radius 3 is 2.20 bits per heavy atom. The summed E-state index contributed by atoms with van der Waals surface area (Å²) in [6, 6.07) is 9.77. The Hall–Kier alpha value is -1.38. The minimum Gasteiger partial charge on any atom is -0.481 e. The third-order valence-electron chi connectivity index (χ3n) is 4.58. The molecule has 0 aromatic heterocycles. The van der Waals surface area contributed by atoms with Crippen molar-refractivity contribution in [3.63, 3.8) is 0 Å². The molecule has 2 aromatic carbocycles. The highest BCUT2D eigenvalue weighted by molar-refractivity contribution is 7.92. The molecule has 1 unspecified atom stereocenters. The Kier molecular flexibility index (Phi) is 8.53. The Morgan fingerprint density at radius 2 is 1.63 bits per heavy atom. The summed E-state index contributed by atoms with van der Waals surface area (Å²) in [5.74, 6) is -1.82. The zero-order chi connectivity index (χ0) is 22.6. The SMILES string of the molecule is CC(C(=O)O)C(=S)CC[C@@H](C)N(c1cc(Cl)ccc1Cl)S(=O)(=O)c1ccc(Cl)cc1. The number of halogens is 3. The van der Waals surface area contributed by atoms with E-state index in [-0.39, 0.29) is 22.0 Å². The highest BCUT2D eigenvalue weighted by atomic mass is 35.5. The van der Waals surface area contributed by atoms with E-state index in [0.29, 0.717) is 21.3 Å². The Balaban J connectivity index is 2.46. The summed E-state index contributed by atoms with van der Waals surface area (Å²) in [4.78, 5) is 11.5. The fourth-order valence-electron chi connectivity index (χ4n) is 2.80. The minimum absolute atomic E-state index is 0.0382. The first-order valence-corrected chi connectivity index (χ1v) is 11.9. The molecule has 10 heteroatoms. The van der Waals surface area contributed by atoms with Gasteiger partial charge in [0.2, 0.25) is 0 Å². The number of benzene rings is 2. The number of thiocarbonyl (C=S) groups is 1. The number of rotatable bonds is 9. The lowest BCUT2D eigenvalue weighted by molar-refractivity contribution is -0.138. The summed E-state index contributed by atoms with van der Waals surface area (Å²) in [7, 11) is -4.02. The average molecular weight is 509 g/mol. The van der Waals surface area contributed by atoms with Crippen molar-refractivity contribution in [2.75, 3.05) is 4.31 Å². The van der Waals surface area contributed by atoms with E-state index in [4.69, 9.17) is 52.1 Å². The van der Waals surface area contributed by atoms with Gasteiger partial charge in [0.25, 0.3) is 10.0 Å².